The Hall–Kier alpha value is -1.10. The van der Waals surface area contributed by atoms with Gasteiger partial charge in [0.05, 0.1) is 6.54 Å². The molecule has 0 atom stereocenters. The Morgan fingerprint density at radius 1 is 1.19 bits per heavy atom. The Balaban J connectivity index is 1.51. The van der Waals surface area contributed by atoms with Crippen molar-refractivity contribution in [2.24, 2.45) is 0 Å². The number of hydrogen-bond donors (Lipinski definition) is 1. The monoisotopic (exact) mass is 324 g/mol. The van der Waals surface area contributed by atoms with Crippen LogP contribution in [-0.4, -0.2) is 21.3 Å². The third-order valence-electron chi connectivity index (χ3n) is 3.81. The number of aromatic nitrogens is 3. The fourth-order valence-electron chi connectivity index (χ4n) is 2.65. The molecule has 2 aromatic rings. The molecule has 2 heterocycles. The van der Waals surface area contributed by atoms with E-state index >= 15 is 0 Å². The SMILES string of the molecule is Clc1ccc(CCNCc2nnc3n2CCCC3)c(Cl)c1. The number of nitrogens with zero attached hydrogens (tertiary/aromatic N) is 3. The second-order valence-corrected chi connectivity index (χ2v) is 6.15. The van der Waals surface area contributed by atoms with Gasteiger partial charge in [0.25, 0.3) is 0 Å². The summed E-state index contributed by atoms with van der Waals surface area (Å²) in [6, 6.07) is 5.64. The molecule has 1 aromatic carbocycles. The van der Waals surface area contributed by atoms with Crippen molar-refractivity contribution in [1.82, 2.24) is 20.1 Å². The van der Waals surface area contributed by atoms with Gasteiger partial charge in [0.2, 0.25) is 0 Å². The van der Waals surface area contributed by atoms with E-state index in [4.69, 9.17) is 23.2 Å². The lowest BCUT2D eigenvalue weighted by molar-refractivity contribution is 0.498. The fraction of sp³-hybridized carbons (Fsp3) is 0.467. The lowest BCUT2D eigenvalue weighted by Crippen LogP contribution is -2.21. The summed E-state index contributed by atoms with van der Waals surface area (Å²) >= 11 is 12.1. The molecule has 1 aliphatic heterocycles. The summed E-state index contributed by atoms with van der Waals surface area (Å²) < 4.78 is 2.24. The molecular formula is C15H18Cl2N4. The van der Waals surface area contributed by atoms with Crippen LogP contribution >= 0.6 is 23.2 Å². The zero-order chi connectivity index (χ0) is 14.7. The molecule has 0 saturated carbocycles. The molecular weight excluding hydrogens is 307 g/mol. The highest BCUT2D eigenvalue weighted by Gasteiger charge is 2.14. The minimum absolute atomic E-state index is 0.673. The second kappa shape index (κ2) is 6.77. The van der Waals surface area contributed by atoms with E-state index in [1.165, 1.54) is 12.8 Å². The van der Waals surface area contributed by atoms with Crippen LogP contribution in [0.5, 0.6) is 0 Å². The van der Waals surface area contributed by atoms with Gasteiger partial charge >= 0.3 is 0 Å². The van der Waals surface area contributed by atoms with Gasteiger partial charge in [-0.3, -0.25) is 0 Å². The van der Waals surface area contributed by atoms with Crippen molar-refractivity contribution >= 4 is 23.2 Å². The van der Waals surface area contributed by atoms with E-state index < -0.39 is 0 Å². The van der Waals surface area contributed by atoms with Gasteiger partial charge in [-0.15, -0.1) is 10.2 Å². The zero-order valence-electron chi connectivity index (χ0n) is 11.8. The molecule has 0 radical (unpaired) electrons. The molecule has 3 rings (SSSR count). The number of hydrogen-bond acceptors (Lipinski definition) is 3. The van der Waals surface area contributed by atoms with Crippen LogP contribution in [0.1, 0.15) is 30.1 Å². The van der Waals surface area contributed by atoms with Crippen molar-refractivity contribution in [3.05, 3.63) is 45.5 Å². The van der Waals surface area contributed by atoms with E-state index in [-0.39, 0.29) is 0 Å². The number of fused-ring (bicyclic) bond motifs is 1. The molecule has 1 N–H and O–H groups in total. The fourth-order valence-corrected chi connectivity index (χ4v) is 3.15. The van der Waals surface area contributed by atoms with Gasteiger partial charge in [-0.1, -0.05) is 29.3 Å². The number of rotatable bonds is 5. The molecule has 1 aliphatic rings. The molecule has 112 valence electrons. The van der Waals surface area contributed by atoms with Crippen molar-refractivity contribution in [1.29, 1.82) is 0 Å². The van der Waals surface area contributed by atoms with Crippen LogP contribution in [0.4, 0.5) is 0 Å². The van der Waals surface area contributed by atoms with Crippen molar-refractivity contribution in [2.45, 2.75) is 38.8 Å². The predicted molar refractivity (Wildman–Crippen MR) is 84.8 cm³/mol. The maximum absolute atomic E-state index is 6.16. The lowest BCUT2D eigenvalue weighted by atomic mass is 10.1. The Labute approximate surface area is 134 Å². The van der Waals surface area contributed by atoms with E-state index in [0.29, 0.717) is 5.02 Å². The Kier molecular flexibility index (Phi) is 4.78. The highest BCUT2D eigenvalue weighted by atomic mass is 35.5. The standard InChI is InChI=1S/C15H18Cl2N4/c16-12-5-4-11(13(17)9-12)6-7-18-10-15-20-19-14-3-1-2-8-21(14)15/h4-5,9,18H,1-3,6-8,10H2. The van der Waals surface area contributed by atoms with E-state index in [1.807, 2.05) is 12.1 Å². The summed E-state index contributed by atoms with van der Waals surface area (Å²) in [6.07, 6.45) is 4.36. The van der Waals surface area contributed by atoms with Crippen LogP contribution in [0.3, 0.4) is 0 Å². The van der Waals surface area contributed by atoms with Gasteiger partial charge in [-0.2, -0.15) is 0 Å². The Morgan fingerprint density at radius 3 is 2.95 bits per heavy atom. The first-order valence-corrected chi connectivity index (χ1v) is 8.05. The minimum atomic E-state index is 0.673. The average molecular weight is 325 g/mol. The highest BCUT2D eigenvalue weighted by molar-refractivity contribution is 6.35. The molecule has 21 heavy (non-hydrogen) atoms. The molecule has 4 nitrogen and oxygen atoms in total. The summed E-state index contributed by atoms with van der Waals surface area (Å²) in [5.74, 6) is 2.16. The van der Waals surface area contributed by atoms with E-state index in [2.05, 4.69) is 20.1 Å². The van der Waals surface area contributed by atoms with Gasteiger partial charge in [0, 0.05) is 23.0 Å². The van der Waals surface area contributed by atoms with Gasteiger partial charge < -0.3 is 9.88 Å². The van der Waals surface area contributed by atoms with Crippen molar-refractivity contribution in [3.8, 4) is 0 Å². The third-order valence-corrected chi connectivity index (χ3v) is 4.39. The number of nitrogens with one attached hydrogen (secondary N) is 1. The van der Waals surface area contributed by atoms with Crippen LogP contribution in [0.25, 0.3) is 0 Å². The molecule has 0 saturated heterocycles. The van der Waals surface area contributed by atoms with Crippen LogP contribution in [0, 0.1) is 0 Å². The van der Waals surface area contributed by atoms with Crippen LogP contribution < -0.4 is 5.32 Å². The summed E-state index contributed by atoms with van der Waals surface area (Å²) in [7, 11) is 0. The number of halogens is 2. The topological polar surface area (TPSA) is 42.7 Å². The smallest absolute Gasteiger partial charge is 0.147 e. The lowest BCUT2D eigenvalue weighted by Gasteiger charge is -2.14. The van der Waals surface area contributed by atoms with Gasteiger partial charge in [0.1, 0.15) is 11.6 Å². The van der Waals surface area contributed by atoms with E-state index in [0.717, 1.165) is 54.7 Å². The molecule has 0 fully saturated rings. The van der Waals surface area contributed by atoms with E-state index in [9.17, 15) is 0 Å². The molecule has 0 unspecified atom stereocenters. The third kappa shape index (κ3) is 3.57. The van der Waals surface area contributed by atoms with Crippen molar-refractivity contribution in [2.75, 3.05) is 6.54 Å². The highest BCUT2D eigenvalue weighted by Crippen LogP contribution is 2.21. The maximum Gasteiger partial charge on any atom is 0.147 e. The number of benzene rings is 1. The van der Waals surface area contributed by atoms with Crippen LogP contribution in [0.2, 0.25) is 10.0 Å². The van der Waals surface area contributed by atoms with Gasteiger partial charge in [0.15, 0.2) is 0 Å². The van der Waals surface area contributed by atoms with Crippen LogP contribution in [-0.2, 0) is 25.9 Å². The van der Waals surface area contributed by atoms with Gasteiger partial charge in [-0.25, -0.2) is 0 Å². The summed E-state index contributed by atoms with van der Waals surface area (Å²) in [4.78, 5) is 0. The maximum atomic E-state index is 6.16. The number of aryl methyl sites for hydroxylation is 1. The minimum Gasteiger partial charge on any atom is -0.314 e. The molecule has 6 heteroatoms. The summed E-state index contributed by atoms with van der Waals surface area (Å²) in [5.41, 5.74) is 1.11. The van der Waals surface area contributed by atoms with Crippen LogP contribution in [0.15, 0.2) is 18.2 Å². The zero-order valence-corrected chi connectivity index (χ0v) is 13.3. The van der Waals surface area contributed by atoms with Crippen molar-refractivity contribution in [3.63, 3.8) is 0 Å². The quantitative estimate of drug-likeness (QED) is 0.858. The first kappa shape index (κ1) is 14.8. The Morgan fingerprint density at radius 2 is 2.10 bits per heavy atom. The molecule has 1 aromatic heterocycles. The molecule has 0 amide bonds. The predicted octanol–water partition coefficient (Wildman–Crippen LogP) is 3.25. The van der Waals surface area contributed by atoms with Gasteiger partial charge in [-0.05, 0) is 43.5 Å². The molecule has 0 bridgehead atoms. The van der Waals surface area contributed by atoms with Crippen molar-refractivity contribution < 1.29 is 0 Å². The second-order valence-electron chi connectivity index (χ2n) is 5.30. The molecule has 0 aliphatic carbocycles. The molecule has 0 spiro atoms. The average Bonchev–Trinajstić information content (AvgIpc) is 2.89. The normalized spacial score (nSPS) is 14.2. The Bertz CT molecular complexity index is 624. The summed E-state index contributed by atoms with van der Waals surface area (Å²) in [6.45, 7) is 2.64. The largest absolute Gasteiger partial charge is 0.314 e. The van der Waals surface area contributed by atoms with E-state index in [1.54, 1.807) is 6.07 Å². The summed E-state index contributed by atoms with van der Waals surface area (Å²) in [5, 5.41) is 13.3. The first-order chi connectivity index (χ1) is 10.2. The first-order valence-electron chi connectivity index (χ1n) is 7.29.